The van der Waals surface area contributed by atoms with Crippen LogP contribution in [-0.2, 0) is 20.7 Å². The van der Waals surface area contributed by atoms with E-state index in [0.29, 0.717) is 17.9 Å². The summed E-state index contributed by atoms with van der Waals surface area (Å²) in [6.45, 7) is 3.30. The molecule has 2 aromatic carbocycles. The Balaban J connectivity index is 1.53. The van der Waals surface area contributed by atoms with Gasteiger partial charge < -0.3 is 14.6 Å². The summed E-state index contributed by atoms with van der Waals surface area (Å²) >= 11 is 0. The van der Waals surface area contributed by atoms with E-state index in [1.165, 1.54) is 0 Å². The van der Waals surface area contributed by atoms with Crippen molar-refractivity contribution in [3.63, 3.8) is 0 Å². The topological polar surface area (TPSA) is 81.4 Å². The Labute approximate surface area is 163 Å². The molecule has 1 amide bonds. The van der Waals surface area contributed by atoms with Gasteiger partial charge in [-0.05, 0) is 31.9 Å². The zero-order valence-corrected chi connectivity index (χ0v) is 15.9. The van der Waals surface area contributed by atoms with Crippen molar-refractivity contribution in [1.29, 1.82) is 0 Å². The molecule has 0 aliphatic rings. The SMILES string of the molecule is Cc1noc(C)c1CCC(=O)OCC(=O)Nc1ccccc1-c1ccccc1. The van der Waals surface area contributed by atoms with E-state index in [9.17, 15) is 9.59 Å². The molecule has 28 heavy (non-hydrogen) atoms. The summed E-state index contributed by atoms with van der Waals surface area (Å²) in [5.74, 6) is -0.124. The summed E-state index contributed by atoms with van der Waals surface area (Å²) in [6.07, 6.45) is 0.634. The minimum atomic E-state index is -0.438. The van der Waals surface area contributed by atoms with Gasteiger partial charge >= 0.3 is 5.97 Å². The van der Waals surface area contributed by atoms with Gasteiger partial charge in [-0.3, -0.25) is 9.59 Å². The van der Waals surface area contributed by atoms with E-state index in [1.807, 2.05) is 61.5 Å². The lowest BCUT2D eigenvalue weighted by Crippen LogP contribution is -2.21. The van der Waals surface area contributed by atoms with Crippen LogP contribution in [0.15, 0.2) is 59.1 Å². The predicted octanol–water partition coefficient (Wildman–Crippen LogP) is 4.07. The highest BCUT2D eigenvalue weighted by Crippen LogP contribution is 2.27. The lowest BCUT2D eigenvalue weighted by molar-refractivity contribution is -0.147. The molecule has 0 saturated carbocycles. The molecule has 0 fully saturated rings. The molecular weight excluding hydrogens is 356 g/mol. The van der Waals surface area contributed by atoms with Gasteiger partial charge in [0.2, 0.25) is 0 Å². The molecule has 1 aromatic heterocycles. The molecule has 0 atom stereocenters. The van der Waals surface area contributed by atoms with Gasteiger partial charge in [0.15, 0.2) is 6.61 Å². The smallest absolute Gasteiger partial charge is 0.306 e. The largest absolute Gasteiger partial charge is 0.456 e. The highest BCUT2D eigenvalue weighted by Gasteiger charge is 2.14. The minimum Gasteiger partial charge on any atom is -0.456 e. The van der Waals surface area contributed by atoms with Crippen molar-refractivity contribution in [3.05, 3.63) is 71.6 Å². The maximum absolute atomic E-state index is 12.2. The zero-order valence-electron chi connectivity index (χ0n) is 15.9. The number of para-hydroxylation sites is 1. The number of benzene rings is 2. The van der Waals surface area contributed by atoms with E-state index in [1.54, 1.807) is 6.92 Å². The molecule has 0 radical (unpaired) electrons. The fourth-order valence-corrected chi connectivity index (χ4v) is 2.95. The lowest BCUT2D eigenvalue weighted by Gasteiger charge is -2.11. The van der Waals surface area contributed by atoms with Crippen molar-refractivity contribution in [3.8, 4) is 11.1 Å². The van der Waals surface area contributed by atoms with E-state index in [-0.39, 0.29) is 18.9 Å². The third kappa shape index (κ3) is 4.85. The first-order valence-electron chi connectivity index (χ1n) is 9.06. The summed E-state index contributed by atoms with van der Waals surface area (Å²) in [7, 11) is 0. The van der Waals surface area contributed by atoms with Gasteiger partial charge in [0.25, 0.3) is 5.91 Å². The van der Waals surface area contributed by atoms with Crippen molar-refractivity contribution in [2.24, 2.45) is 0 Å². The van der Waals surface area contributed by atoms with Crippen molar-refractivity contribution in [2.75, 3.05) is 11.9 Å². The molecule has 3 aromatic rings. The van der Waals surface area contributed by atoms with Gasteiger partial charge in [0, 0.05) is 23.2 Å². The number of anilines is 1. The number of carbonyl (C=O) groups excluding carboxylic acids is 2. The number of ether oxygens (including phenoxy) is 1. The Morgan fingerprint density at radius 3 is 2.46 bits per heavy atom. The predicted molar refractivity (Wildman–Crippen MR) is 106 cm³/mol. The van der Waals surface area contributed by atoms with Crippen LogP contribution in [0.25, 0.3) is 11.1 Å². The van der Waals surface area contributed by atoms with E-state index in [2.05, 4.69) is 10.5 Å². The number of aromatic nitrogens is 1. The van der Waals surface area contributed by atoms with Crippen LogP contribution in [0.3, 0.4) is 0 Å². The second kappa shape index (κ2) is 8.99. The summed E-state index contributed by atoms with van der Waals surface area (Å²) in [5, 5.41) is 6.67. The number of hydrogen-bond acceptors (Lipinski definition) is 5. The van der Waals surface area contributed by atoms with E-state index < -0.39 is 5.97 Å². The van der Waals surface area contributed by atoms with E-state index >= 15 is 0 Å². The minimum absolute atomic E-state index is 0.163. The monoisotopic (exact) mass is 378 g/mol. The van der Waals surface area contributed by atoms with E-state index in [4.69, 9.17) is 9.26 Å². The number of esters is 1. The molecular formula is C22H22N2O4. The highest BCUT2D eigenvalue weighted by atomic mass is 16.5. The third-order valence-corrected chi connectivity index (χ3v) is 4.41. The highest BCUT2D eigenvalue weighted by molar-refractivity contribution is 5.96. The Kier molecular flexibility index (Phi) is 6.22. The summed E-state index contributed by atoms with van der Waals surface area (Å²) in [6, 6.07) is 17.3. The van der Waals surface area contributed by atoms with Crippen LogP contribution < -0.4 is 5.32 Å². The molecule has 1 heterocycles. The molecule has 144 valence electrons. The molecule has 6 nitrogen and oxygen atoms in total. The van der Waals surface area contributed by atoms with Gasteiger partial charge in [-0.25, -0.2) is 0 Å². The number of amides is 1. The number of nitrogens with zero attached hydrogens (tertiary/aromatic N) is 1. The molecule has 0 aliphatic carbocycles. The van der Waals surface area contributed by atoms with Crippen LogP contribution in [0.4, 0.5) is 5.69 Å². The molecule has 0 saturated heterocycles. The molecule has 1 N–H and O–H groups in total. The summed E-state index contributed by atoms with van der Waals surface area (Å²) < 4.78 is 10.2. The average Bonchev–Trinajstić information content (AvgIpc) is 3.03. The average molecular weight is 378 g/mol. The first-order valence-corrected chi connectivity index (χ1v) is 9.06. The Hall–Kier alpha value is -3.41. The molecule has 0 unspecified atom stereocenters. The van der Waals surface area contributed by atoms with Crippen LogP contribution in [0.1, 0.15) is 23.4 Å². The van der Waals surface area contributed by atoms with Gasteiger partial charge in [0.1, 0.15) is 5.76 Å². The summed E-state index contributed by atoms with van der Waals surface area (Å²) in [5.41, 5.74) is 4.24. The number of rotatable bonds is 7. The fraction of sp³-hybridized carbons (Fsp3) is 0.227. The van der Waals surface area contributed by atoms with Crippen molar-refractivity contribution < 1.29 is 18.8 Å². The molecule has 0 aliphatic heterocycles. The van der Waals surface area contributed by atoms with Crippen LogP contribution in [0.5, 0.6) is 0 Å². The number of hydrogen-bond donors (Lipinski definition) is 1. The quantitative estimate of drug-likeness (QED) is 0.627. The number of nitrogens with one attached hydrogen (secondary N) is 1. The normalized spacial score (nSPS) is 10.5. The first kappa shape index (κ1) is 19.4. The van der Waals surface area contributed by atoms with Gasteiger partial charge in [-0.15, -0.1) is 0 Å². The van der Waals surface area contributed by atoms with Gasteiger partial charge in [-0.1, -0.05) is 53.7 Å². The van der Waals surface area contributed by atoms with Crippen molar-refractivity contribution in [1.82, 2.24) is 5.16 Å². The number of carbonyl (C=O) groups is 2. The molecule has 3 rings (SSSR count). The molecule has 0 bridgehead atoms. The lowest BCUT2D eigenvalue weighted by atomic mass is 10.0. The van der Waals surface area contributed by atoms with Crippen LogP contribution in [-0.4, -0.2) is 23.6 Å². The van der Waals surface area contributed by atoms with Crippen LogP contribution >= 0.6 is 0 Å². The Bertz CT molecular complexity index is 944. The first-order chi connectivity index (χ1) is 13.5. The van der Waals surface area contributed by atoms with Crippen LogP contribution in [0.2, 0.25) is 0 Å². The third-order valence-electron chi connectivity index (χ3n) is 4.41. The summed E-state index contributed by atoms with van der Waals surface area (Å²) in [4.78, 5) is 24.2. The second-order valence-electron chi connectivity index (χ2n) is 6.42. The Morgan fingerprint density at radius 2 is 1.75 bits per heavy atom. The second-order valence-corrected chi connectivity index (χ2v) is 6.42. The van der Waals surface area contributed by atoms with Crippen molar-refractivity contribution in [2.45, 2.75) is 26.7 Å². The Morgan fingerprint density at radius 1 is 1.04 bits per heavy atom. The fourth-order valence-electron chi connectivity index (χ4n) is 2.95. The van der Waals surface area contributed by atoms with Crippen LogP contribution in [0, 0.1) is 13.8 Å². The number of aryl methyl sites for hydroxylation is 2. The van der Waals surface area contributed by atoms with Crippen molar-refractivity contribution >= 4 is 17.6 Å². The zero-order chi connectivity index (χ0) is 19.9. The van der Waals surface area contributed by atoms with Gasteiger partial charge in [0.05, 0.1) is 5.69 Å². The van der Waals surface area contributed by atoms with E-state index in [0.717, 1.165) is 22.4 Å². The molecule has 0 spiro atoms. The van der Waals surface area contributed by atoms with Gasteiger partial charge in [-0.2, -0.15) is 0 Å². The molecule has 6 heteroatoms. The standard InChI is InChI=1S/C22H22N2O4/c1-15-18(16(2)28-24-15)12-13-22(26)27-14-21(25)23-20-11-7-6-10-19(20)17-8-4-3-5-9-17/h3-11H,12-14H2,1-2H3,(H,23,25). The maximum Gasteiger partial charge on any atom is 0.306 e. The maximum atomic E-state index is 12.2.